The molecule has 138 valence electrons. The lowest BCUT2D eigenvalue weighted by Crippen LogP contribution is -2.28. The predicted octanol–water partition coefficient (Wildman–Crippen LogP) is 3.94. The number of hydrogen-bond acceptors (Lipinski definition) is 4. The number of fused-ring (bicyclic) bond motifs is 1. The Labute approximate surface area is 162 Å². The van der Waals surface area contributed by atoms with Crippen molar-refractivity contribution in [3.8, 4) is 0 Å². The van der Waals surface area contributed by atoms with Crippen molar-refractivity contribution >= 4 is 34.4 Å². The van der Waals surface area contributed by atoms with Gasteiger partial charge in [0, 0.05) is 18.8 Å². The average Bonchev–Trinajstić information content (AvgIpc) is 3.43. The molecule has 0 radical (unpaired) electrons. The molecule has 5 rings (SSSR count). The van der Waals surface area contributed by atoms with Crippen LogP contribution in [0.1, 0.15) is 29.6 Å². The summed E-state index contributed by atoms with van der Waals surface area (Å²) in [6.45, 7) is 2.81. The molecule has 3 heterocycles. The van der Waals surface area contributed by atoms with Crippen molar-refractivity contribution in [3.63, 3.8) is 0 Å². The number of aromatic nitrogens is 2. The van der Waals surface area contributed by atoms with Crippen LogP contribution in [0.5, 0.6) is 0 Å². The predicted molar refractivity (Wildman–Crippen MR) is 110 cm³/mol. The first-order valence-corrected chi connectivity index (χ1v) is 10.5. The molecule has 0 aliphatic carbocycles. The Hall–Kier alpha value is -2.47. The van der Waals surface area contributed by atoms with Gasteiger partial charge in [-0.05, 0) is 42.7 Å². The van der Waals surface area contributed by atoms with Gasteiger partial charge in [-0.2, -0.15) is 0 Å². The SMILES string of the molecule is O=C1CSC(c2ccc(N3CCCC3)cc2)N1Cc1nc2ccccc2[nH]1. The number of rotatable bonds is 4. The molecule has 27 heavy (non-hydrogen) atoms. The second-order valence-electron chi connectivity index (χ2n) is 7.17. The molecule has 2 saturated heterocycles. The average molecular weight is 379 g/mol. The lowest BCUT2D eigenvalue weighted by Gasteiger charge is -2.24. The Balaban J connectivity index is 1.37. The van der Waals surface area contributed by atoms with Crippen molar-refractivity contribution in [2.45, 2.75) is 24.8 Å². The molecular formula is C21H22N4OS. The highest BCUT2D eigenvalue weighted by Gasteiger charge is 2.33. The smallest absolute Gasteiger partial charge is 0.234 e. The van der Waals surface area contributed by atoms with Gasteiger partial charge < -0.3 is 14.8 Å². The Morgan fingerprint density at radius 1 is 1.07 bits per heavy atom. The number of carbonyl (C=O) groups excluding carboxylic acids is 1. The minimum atomic E-state index is 0.0540. The molecule has 1 N–H and O–H groups in total. The van der Waals surface area contributed by atoms with Gasteiger partial charge in [-0.1, -0.05) is 24.3 Å². The molecule has 0 bridgehead atoms. The molecule has 5 nitrogen and oxygen atoms in total. The summed E-state index contributed by atoms with van der Waals surface area (Å²) in [7, 11) is 0. The van der Waals surface area contributed by atoms with Crippen LogP contribution in [-0.4, -0.2) is 39.6 Å². The van der Waals surface area contributed by atoms with E-state index in [1.165, 1.54) is 24.1 Å². The van der Waals surface area contributed by atoms with Gasteiger partial charge >= 0.3 is 0 Å². The molecule has 6 heteroatoms. The van der Waals surface area contributed by atoms with Crippen LogP contribution in [0, 0.1) is 0 Å². The lowest BCUT2D eigenvalue weighted by atomic mass is 10.1. The monoisotopic (exact) mass is 378 g/mol. The number of carbonyl (C=O) groups is 1. The molecule has 1 atom stereocenters. The zero-order valence-electron chi connectivity index (χ0n) is 15.1. The number of imidazole rings is 1. The normalized spacial score (nSPS) is 20.1. The first-order chi connectivity index (χ1) is 13.3. The van der Waals surface area contributed by atoms with E-state index in [1.807, 2.05) is 29.2 Å². The number of aromatic amines is 1. The number of para-hydroxylation sites is 2. The Morgan fingerprint density at radius 3 is 2.63 bits per heavy atom. The standard InChI is InChI=1S/C21H22N4OS/c26-20-14-27-21(15-7-9-16(10-8-15)24-11-3-4-12-24)25(20)13-19-22-17-5-1-2-6-18(17)23-19/h1-2,5-10,21H,3-4,11-14H2,(H,22,23). The lowest BCUT2D eigenvalue weighted by molar-refractivity contribution is -0.128. The fourth-order valence-electron chi connectivity index (χ4n) is 3.97. The number of hydrogen-bond donors (Lipinski definition) is 1. The minimum Gasteiger partial charge on any atom is -0.372 e. The third kappa shape index (κ3) is 3.18. The van der Waals surface area contributed by atoms with Crippen LogP contribution in [-0.2, 0) is 11.3 Å². The van der Waals surface area contributed by atoms with E-state index >= 15 is 0 Å². The molecule has 2 aliphatic rings. The van der Waals surface area contributed by atoms with E-state index in [9.17, 15) is 4.79 Å². The summed E-state index contributed by atoms with van der Waals surface area (Å²) in [5, 5.41) is 0.0540. The van der Waals surface area contributed by atoms with Crippen LogP contribution >= 0.6 is 11.8 Å². The quantitative estimate of drug-likeness (QED) is 0.747. The zero-order valence-corrected chi connectivity index (χ0v) is 15.9. The minimum absolute atomic E-state index is 0.0540. The van der Waals surface area contributed by atoms with Gasteiger partial charge in [-0.15, -0.1) is 11.8 Å². The number of amides is 1. The van der Waals surface area contributed by atoms with Crippen LogP contribution in [0.25, 0.3) is 11.0 Å². The third-order valence-electron chi connectivity index (χ3n) is 5.38. The first-order valence-electron chi connectivity index (χ1n) is 9.47. The summed E-state index contributed by atoms with van der Waals surface area (Å²) in [5.41, 5.74) is 4.43. The summed E-state index contributed by atoms with van der Waals surface area (Å²) in [4.78, 5) is 24.9. The van der Waals surface area contributed by atoms with Crippen molar-refractivity contribution in [2.24, 2.45) is 0 Å². The van der Waals surface area contributed by atoms with E-state index in [1.54, 1.807) is 11.8 Å². The number of H-pyrrole nitrogens is 1. The van der Waals surface area contributed by atoms with Gasteiger partial charge in [0.2, 0.25) is 5.91 Å². The van der Waals surface area contributed by atoms with Crippen LogP contribution in [0.4, 0.5) is 5.69 Å². The second-order valence-corrected chi connectivity index (χ2v) is 8.24. The van der Waals surface area contributed by atoms with E-state index in [0.29, 0.717) is 12.3 Å². The van der Waals surface area contributed by atoms with E-state index in [-0.39, 0.29) is 11.3 Å². The van der Waals surface area contributed by atoms with Crippen molar-refractivity contribution in [3.05, 3.63) is 59.9 Å². The Morgan fingerprint density at radius 2 is 1.85 bits per heavy atom. The Kier molecular flexibility index (Phi) is 4.28. The van der Waals surface area contributed by atoms with Gasteiger partial charge in [-0.3, -0.25) is 4.79 Å². The van der Waals surface area contributed by atoms with Gasteiger partial charge in [0.25, 0.3) is 0 Å². The number of nitrogens with one attached hydrogen (secondary N) is 1. The fraction of sp³-hybridized carbons (Fsp3) is 0.333. The topological polar surface area (TPSA) is 52.2 Å². The number of thioether (sulfide) groups is 1. The van der Waals surface area contributed by atoms with Crippen LogP contribution in [0.3, 0.4) is 0 Å². The zero-order chi connectivity index (χ0) is 18.2. The highest BCUT2D eigenvalue weighted by molar-refractivity contribution is 8.00. The van der Waals surface area contributed by atoms with Crippen molar-refractivity contribution in [2.75, 3.05) is 23.7 Å². The summed E-state index contributed by atoms with van der Waals surface area (Å²) < 4.78 is 0. The van der Waals surface area contributed by atoms with E-state index in [4.69, 9.17) is 0 Å². The fourth-order valence-corrected chi connectivity index (χ4v) is 5.16. The molecule has 1 unspecified atom stereocenters. The summed E-state index contributed by atoms with van der Waals surface area (Å²) in [6, 6.07) is 16.7. The molecular weight excluding hydrogens is 356 g/mol. The van der Waals surface area contributed by atoms with Crippen molar-refractivity contribution in [1.82, 2.24) is 14.9 Å². The van der Waals surface area contributed by atoms with Crippen molar-refractivity contribution < 1.29 is 4.79 Å². The van der Waals surface area contributed by atoms with Gasteiger partial charge in [0.05, 0.1) is 23.3 Å². The maximum atomic E-state index is 12.5. The van der Waals surface area contributed by atoms with E-state index < -0.39 is 0 Å². The molecule has 1 amide bonds. The maximum absolute atomic E-state index is 12.5. The van der Waals surface area contributed by atoms with Crippen molar-refractivity contribution in [1.29, 1.82) is 0 Å². The molecule has 0 spiro atoms. The van der Waals surface area contributed by atoms with Gasteiger partial charge in [0.1, 0.15) is 11.2 Å². The summed E-state index contributed by atoms with van der Waals surface area (Å²) >= 11 is 1.70. The summed E-state index contributed by atoms with van der Waals surface area (Å²) in [5.74, 6) is 1.54. The van der Waals surface area contributed by atoms with Gasteiger partial charge in [0.15, 0.2) is 0 Å². The summed E-state index contributed by atoms with van der Waals surface area (Å²) in [6.07, 6.45) is 2.56. The number of nitrogens with zero attached hydrogens (tertiary/aromatic N) is 3. The van der Waals surface area contributed by atoms with E-state index in [2.05, 4.69) is 39.1 Å². The largest absolute Gasteiger partial charge is 0.372 e. The first kappa shape index (κ1) is 16.7. The Bertz CT molecular complexity index is 929. The number of benzene rings is 2. The van der Waals surface area contributed by atoms with Crippen LogP contribution in [0.15, 0.2) is 48.5 Å². The van der Waals surface area contributed by atoms with Crippen LogP contribution in [0.2, 0.25) is 0 Å². The maximum Gasteiger partial charge on any atom is 0.234 e. The van der Waals surface area contributed by atoms with Crippen LogP contribution < -0.4 is 4.90 Å². The highest BCUT2D eigenvalue weighted by Crippen LogP contribution is 2.40. The van der Waals surface area contributed by atoms with Gasteiger partial charge in [-0.25, -0.2) is 4.98 Å². The van der Waals surface area contributed by atoms with E-state index in [0.717, 1.165) is 29.9 Å². The second kappa shape index (κ2) is 6.93. The third-order valence-corrected chi connectivity index (χ3v) is 6.63. The molecule has 0 saturated carbocycles. The number of anilines is 1. The molecule has 2 aliphatic heterocycles. The molecule has 2 aromatic carbocycles. The molecule has 1 aromatic heterocycles. The molecule has 3 aromatic rings. The highest BCUT2D eigenvalue weighted by atomic mass is 32.2. The molecule has 2 fully saturated rings.